The van der Waals surface area contributed by atoms with Crippen LogP contribution in [0.2, 0.25) is 0 Å². The topological polar surface area (TPSA) is 83.5 Å². The summed E-state index contributed by atoms with van der Waals surface area (Å²) in [4.78, 5) is 11.6. The van der Waals surface area contributed by atoms with Crippen molar-refractivity contribution in [3.05, 3.63) is 71.8 Å². The van der Waals surface area contributed by atoms with E-state index in [1.54, 1.807) is 0 Å². The smallest absolute Gasteiger partial charge is 0.303 e. The van der Waals surface area contributed by atoms with Gasteiger partial charge in [-0.2, -0.15) is 0 Å². The monoisotopic (exact) mass is 416 g/mol. The van der Waals surface area contributed by atoms with Crippen molar-refractivity contribution in [2.45, 2.75) is 50.8 Å². The second-order valence-corrected chi connectivity index (χ2v) is 7.10. The van der Waals surface area contributed by atoms with E-state index in [1.807, 2.05) is 60.7 Å². The predicted molar refractivity (Wildman–Crippen MR) is 108 cm³/mol. The zero-order valence-corrected chi connectivity index (χ0v) is 17.2. The summed E-state index contributed by atoms with van der Waals surface area (Å²) >= 11 is 0. The van der Waals surface area contributed by atoms with Crippen molar-refractivity contribution in [2.24, 2.45) is 0 Å². The van der Waals surface area contributed by atoms with E-state index in [0.717, 1.165) is 11.1 Å². The molecule has 0 unspecified atom stereocenters. The van der Waals surface area contributed by atoms with Gasteiger partial charge in [0.25, 0.3) is 0 Å². The fourth-order valence-corrected chi connectivity index (χ4v) is 3.46. The molecule has 5 atom stereocenters. The lowest BCUT2D eigenvalue weighted by Gasteiger charge is -2.43. The van der Waals surface area contributed by atoms with Crippen LogP contribution in [0.25, 0.3) is 0 Å². The molecule has 0 aliphatic carbocycles. The number of methoxy groups -OCH3 is 1. The van der Waals surface area contributed by atoms with E-state index in [4.69, 9.17) is 23.7 Å². The van der Waals surface area contributed by atoms with Crippen LogP contribution in [0.3, 0.4) is 0 Å². The number of esters is 1. The van der Waals surface area contributed by atoms with E-state index in [2.05, 4.69) is 0 Å². The Labute approximate surface area is 176 Å². The average Bonchev–Trinajstić information content (AvgIpc) is 2.75. The summed E-state index contributed by atoms with van der Waals surface area (Å²) in [5.74, 6) is -0.537. The van der Waals surface area contributed by atoms with Crippen LogP contribution in [0, 0.1) is 0 Å². The molecule has 0 amide bonds. The lowest BCUT2D eigenvalue weighted by molar-refractivity contribution is -0.305. The molecule has 1 saturated heterocycles. The molecular formula is C23H28O7. The highest BCUT2D eigenvalue weighted by Crippen LogP contribution is 2.28. The number of aliphatic hydroxyl groups is 1. The number of benzene rings is 2. The minimum Gasteiger partial charge on any atom is -0.454 e. The van der Waals surface area contributed by atoms with Gasteiger partial charge >= 0.3 is 5.97 Å². The highest BCUT2D eigenvalue weighted by Gasteiger charge is 2.48. The van der Waals surface area contributed by atoms with Gasteiger partial charge in [-0.25, -0.2) is 0 Å². The molecule has 0 radical (unpaired) electrons. The van der Waals surface area contributed by atoms with E-state index >= 15 is 0 Å². The Bertz CT molecular complexity index is 768. The van der Waals surface area contributed by atoms with Crippen molar-refractivity contribution >= 4 is 5.97 Å². The number of carbonyl (C=O) groups is 1. The van der Waals surface area contributed by atoms with Gasteiger partial charge in [-0.3, -0.25) is 4.79 Å². The zero-order valence-electron chi connectivity index (χ0n) is 17.2. The molecule has 2 aromatic rings. The van der Waals surface area contributed by atoms with Crippen LogP contribution >= 0.6 is 0 Å². The van der Waals surface area contributed by atoms with Crippen LogP contribution in [0.5, 0.6) is 0 Å². The maximum absolute atomic E-state index is 11.6. The van der Waals surface area contributed by atoms with Crippen molar-refractivity contribution < 1.29 is 33.6 Å². The molecule has 3 rings (SSSR count). The Balaban J connectivity index is 1.68. The van der Waals surface area contributed by atoms with Gasteiger partial charge in [-0.1, -0.05) is 60.7 Å². The van der Waals surface area contributed by atoms with Crippen LogP contribution in [0.4, 0.5) is 0 Å². The van der Waals surface area contributed by atoms with Gasteiger partial charge in [-0.15, -0.1) is 0 Å². The molecule has 0 bridgehead atoms. The lowest BCUT2D eigenvalue weighted by atomic mass is 9.98. The molecule has 30 heavy (non-hydrogen) atoms. The second kappa shape index (κ2) is 11.2. The van der Waals surface area contributed by atoms with Crippen LogP contribution in [-0.2, 0) is 41.7 Å². The third kappa shape index (κ3) is 6.10. The maximum Gasteiger partial charge on any atom is 0.303 e. The summed E-state index contributed by atoms with van der Waals surface area (Å²) in [5.41, 5.74) is 1.98. The van der Waals surface area contributed by atoms with Crippen molar-refractivity contribution in [1.29, 1.82) is 0 Å². The predicted octanol–water partition coefficient (Wildman–Crippen LogP) is 2.45. The van der Waals surface area contributed by atoms with Gasteiger partial charge in [0.15, 0.2) is 12.4 Å². The van der Waals surface area contributed by atoms with E-state index in [-0.39, 0.29) is 13.2 Å². The SMILES string of the molecule is CO[C@H]1[C@H](OCc2ccccc2)[C@@H](OC(C)=O)[C@@H](O)O[C@@H]1COCc1ccccc1. The normalized spacial score (nSPS) is 26.3. The summed E-state index contributed by atoms with van der Waals surface area (Å²) in [5, 5.41) is 10.5. The lowest BCUT2D eigenvalue weighted by Crippen LogP contribution is -2.61. The minimum atomic E-state index is -1.36. The van der Waals surface area contributed by atoms with Crippen LogP contribution < -0.4 is 0 Å². The molecule has 1 aliphatic rings. The molecule has 0 spiro atoms. The van der Waals surface area contributed by atoms with Crippen LogP contribution in [0.15, 0.2) is 60.7 Å². The zero-order chi connectivity index (χ0) is 21.3. The number of hydrogen-bond donors (Lipinski definition) is 1. The highest BCUT2D eigenvalue weighted by atomic mass is 16.7. The summed E-state index contributed by atoms with van der Waals surface area (Å²) < 4.78 is 28.4. The molecular weight excluding hydrogens is 388 g/mol. The first-order valence-electron chi connectivity index (χ1n) is 9.89. The largest absolute Gasteiger partial charge is 0.454 e. The quantitative estimate of drug-likeness (QED) is 0.629. The third-order valence-corrected chi connectivity index (χ3v) is 4.86. The molecule has 1 aliphatic heterocycles. The molecule has 162 valence electrons. The number of hydrogen-bond acceptors (Lipinski definition) is 7. The Morgan fingerprint density at radius 2 is 1.53 bits per heavy atom. The van der Waals surface area contributed by atoms with Gasteiger partial charge < -0.3 is 28.8 Å². The standard InChI is InChI=1S/C23H28O7/c1-16(24)29-22-21(28-14-18-11-7-4-8-12-18)20(26-2)19(30-23(22)25)15-27-13-17-9-5-3-6-10-17/h3-12,19-23,25H,13-15H2,1-2H3/t19-,20-,21+,22-,23+/m1/s1. The molecule has 1 N–H and O–H groups in total. The molecule has 2 aromatic carbocycles. The number of ether oxygens (including phenoxy) is 5. The van der Waals surface area contributed by atoms with Gasteiger partial charge in [0.2, 0.25) is 0 Å². The Hall–Kier alpha value is -2.29. The first-order chi connectivity index (χ1) is 14.6. The minimum absolute atomic E-state index is 0.183. The fraction of sp³-hybridized carbons (Fsp3) is 0.435. The van der Waals surface area contributed by atoms with E-state index in [0.29, 0.717) is 6.61 Å². The summed E-state index contributed by atoms with van der Waals surface area (Å²) in [6.07, 6.45) is -4.29. The average molecular weight is 416 g/mol. The summed E-state index contributed by atoms with van der Waals surface area (Å²) in [6.45, 7) is 2.13. The van der Waals surface area contributed by atoms with Crippen LogP contribution in [-0.4, -0.2) is 55.5 Å². The number of carbonyl (C=O) groups excluding carboxylic acids is 1. The third-order valence-electron chi connectivity index (χ3n) is 4.86. The number of rotatable bonds is 9. The van der Waals surface area contributed by atoms with Gasteiger partial charge in [0.1, 0.15) is 18.3 Å². The van der Waals surface area contributed by atoms with Crippen molar-refractivity contribution in [3.63, 3.8) is 0 Å². The van der Waals surface area contributed by atoms with E-state index < -0.39 is 36.7 Å². The Morgan fingerprint density at radius 1 is 0.933 bits per heavy atom. The van der Waals surface area contributed by atoms with Crippen molar-refractivity contribution in [1.82, 2.24) is 0 Å². The molecule has 1 fully saturated rings. The summed E-state index contributed by atoms with van der Waals surface area (Å²) in [7, 11) is 1.53. The molecule has 0 aromatic heterocycles. The molecule has 1 heterocycles. The Kier molecular flexibility index (Phi) is 8.36. The summed E-state index contributed by atoms with van der Waals surface area (Å²) in [6, 6.07) is 19.3. The first-order valence-corrected chi connectivity index (χ1v) is 9.89. The highest BCUT2D eigenvalue weighted by molar-refractivity contribution is 5.66. The number of aliphatic hydroxyl groups excluding tert-OH is 1. The maximum atomic E-state index is 11.6. The van der Waals surface area contributed by atoms with E-state index in [1.165, 1.54) is 14.0 Å². The molecule has 7 nitrogen and oxygen atoms in total. The Morgan fingerprint density at radius 3 is 2.10 bits per heavy atom. The van der Waals surface area contributed by atoms with Gasteiger partial charge in [-0.05, 0) is 11.1 Å². The van der Waals surface area contributed by atoms with E-state index in [9.17, 15) is 9.90 Å². The molecule has 0 saturated carbocycles. The van der Waals surface area contributed by atoms with Gasteiger partial charge in [0, 0.05) is 14.0 Å². The first kappa shape index (κ1) is 22.4. The van der Waals surface area contributed by atoms with Gasteiger partial charge in [0.05, 0.1) is 19.8 Å². The fourth-order valence-electron chi connectivity index (χ4n) is 3.46. The molecule has 7 heteroatoms. The van der Waals surface area contributed by atoms with Crippen LogP contribution in [0.1, 0.15) is 18.1 Å². The van der Waals surface area contributed by atoms with Crippen molar-refractivity contribution in [3.8, 4) is 0 Å². The second-order valence-electron chi connectivity index (χ2n) is 7.10. The van der Waals surface area contributed by atoms with Crippen molar-refractivity contribution in [2.75, 3.05) is 13.7 Å².